The molecule has 0 radical (unpaired) electrons. The van der Waals surface area contributed by atoms with Crippen molar-refractivity contribution in [2.75, 3.05) is 11.1 Å². The van der Waals surface area contributed by atoms with E-state index in [2.05, 4.69) is 23.3 Å². The molecule has 17 heavy (non-hydrogen) atoms. The van der Waals surface area contributed by atoms with Crippen LogP contribution < -0.4 is 11.1 Å². The van der Waals surface area contributed by atoms with E-state index in [0.29, 0.717) is 0 Å². The first kappa shape index (κ1) is 11.5. The number of rotatable bonds is 3. The number of hydrogen-bond donors (Lipinski definition) is 2. The number of nitrogens with two attached hydrogens (primary N) is 1. The molecule has 3 nitrogen and oxygen atoms in total. The van der Waals surface area contributed by atoms with Gasteiger partial charge in [-0.05, 0) is 55.3 Å². The Labute approximate surface area is 102 Å². The third-order valence-corrected chi connectivity index (χ3v) is 2.69. The highest BCUT2D eigenvalue weighted by Gasteiger charge is 2.05. The first-order valence-corrected chi connectivity index (χ1v) is 5.69. The number of nitrogens with one attached hydrogen (secondary N) is 1. The fraction of sp³-hybridized carbons (Fsp3) is 0.214. The van der Waals surface area contributed by atoms with Crippen LogP contribution in [0.5, 0.6) is 0 Å². The fourth-order valence-corrected chi connectivity index (χ4v) is 1.88. The predicted molar refractivity (Wildman–Crippen MR) is 71.9 cm³/mol. The van der Waals surface area contributed by atoms with Crippen molar-refractivity contribution < 1.29 is 0 Å². The number of hydrogen-bond acceptors (Lipinski definition) is 3. The predicted octanol–water partition coefficient (Wildman–Crippen LogP) is 3.15. The molecule has 0 saturated heterocycles. The minimum Gasteiger partial charge on any atom is -0.399 e. The number of benzene rings is 1. The van der Waals surface area contributed by atoms with Gasteiger partial charge in [-0.3, -0.25) is 4.98 Å². The lowest BCUT2D eigenvalue weighted by Crippen LogP contribution is -2.07. The topological polar surface area (TPSA) is 50.9 Å². The summed E-state index contributed by atoms with van der Waals surface area (Å²) in [6.45, 7) is 4.16. The van der Waals surface area contributed by atoms with Crippen LogP contribution in [-0.4, -0.2) is 4.98 Å². The van der Waals surface area contributed by atoms with Gasteiger partial charge in [0.25, 0.3) is 0 Å². The molecule has 0 spiro atoms. The molecule has 2 rings (SSSR count). The molecule has 0 aliphatic heterocycles. The van der Waals surface area contributed by atoms with Gasteiger partial charge >= 0.3 is 0 Å². The van der Waals surface area contributed by atoms with Crippen LogP contribution in [0.2, 0.25) is 0 Å². The Morgan fingerprint density at radius 1 is 1.18 bits per heavy atom. The van der Waals surface area contributed by atoms with Crippen LogP contribution in [-0.2, 0) is 0 Å². The molecule has 1 aromatic heterocycles. The van der Waals surface area contributed by atoms with E-state index >= 15 is 0 Å². The molecule has 0 bridgehead atoms. The van der Waals surface area contributed by atoms with Gasteiger partial charge in [-0.2, -0.15) is 0 Å². The largest absolute Gasteiger partial charge is 0.399 e. The van der Waals surface area contributed by atoms with Gasteiger partial charge in [0.1, 0.15) is 0 Å². The van der Waals surface area contributed by atoms with E-state index in [-0.39, 0.29) is 6.04 Å². The number of nitrogen functional groups attached to an aromatic ring is 1. The van der Waals surface area contributed by atoms with E-state index in [1.54, 1.807) is 12.4 Å². The van der Waals surface area contributed by atoms with Crippen LogP contribution >= 0.6 is 0 Å². The van der Waals surface area contributed by atoms with Crippen LogP contribution in [0.3, 0.4) is 0 Å². The monoisotopic (exact) mass is 227 g/mol. The fourth-order valence-electron chi connectivity index (χ4n) is 1.88. The molecule has 88 valence electrons. The Hall–Kier alpha value is -2.03. The quantitative estimate of drug-likeness (QED) is 0.792. The van der Waals surface area contributed by atoms with Gasteiger partial charge in [0.2, 0.25) is 0 Å². The van der Waals surface area contributed by atoms with Crippen molar-refractivity contribution in [2.24, 2.45) is 0 Å². The summed E-state index contributed by atoms with van der Waals surface area (Å²) in [5, 5.41) is 3.43. The summed E-state index contributed by atoms with van der Waals surface area (Å²) >= 11 is 0. The van der Waals surface area contributed by atoms with Crippen molar-refractivity contribution in [3.8, 4) is 0 Å². The number of nitrogens with zero attached hydrogens (tertiary/aromatic N) is 1. The maximum absolute atomic E-state index is 5.82. The van der Waals surface area contributed by atoms with E-state index in [9.17, 15) is 0 Å². The summed E-state index contributed by atoms with van der Waals surface area (Å²) in [6, 6.07) is 10.3. The summed E-state index contributed by atoms with van der Waals surface area (Å²) < 4.78 is 0. The summed E-state index contributed by atoms with van der Waals surface area (Å²) in [6.07, 6.45) is 3.61. The zero-order chi connectivity index (χ0) is 12.3. The van der Waals surface area contributed by atoms with Gasteiger partial charge < -0.3 is 11.1 Å². The minimum absolute atomic E-state index is 0.235. The SMILES string of the molecule is Cc1cc(N)cc(NC(C)c2ccncc2)c1. The second-order valence-corrected chi connectivity index (χ2v) is 4.28. The molecule has 1 unspecified atom stereocenters. The first-order chi connectivity index (χ1) is 8.15. The summed E-state index contributed by atoms with van der Waals surface area (Å²) in [5.41, 5.74) is 10.0. The van der Waals surface area contributed by atoms with Crippen LogP contribution in [0.1, 0.15) is 24.1 Å². The lowest BCUT2D eigenvalue weighted by Gasteiger charge is -2.16. The Morgan fingerprint density at radius 3 is 2.53 bits per heavy atom. The van der Waals surface area contributed by atoms with Crippen molar-refractivity contribution in [3.05, 3.63) is 53.9 Å². The Bertz CT molecular complexity index is 474. The van der Waals surface area contributed by atoms with Gasteiger partial charge in [-0.15, -0.1) is 0 Å². The molecule has 1 heterocycles. The maximum Gasteiger partial charge on any atom is 0.0486 e. The van der Waals surface area contributed by atoms with Crippen molar-refractivity contribution in [3.63, 3.8) is 0 Å². The molecular formula is C14H17N3. The lowest BCUT2D eigenvalue weighted by molar-refractivity contribution is 0.880. The minimum atomic E-state index is 0.235. The number of anilines is 2. The Morgan fingerprint density at radius 2 is 1.88 bits per heavy atom. The van der Waals surface area contributed by atoms with Crippen molar-refractivity contribution in [1.82, 2.24) is 4.98 Å². The lowest BCUT2D eigenvalue weighted by atomic mass is 10.1. The smallest absolute Gasteiger partial charge is 0.0486 e. The van der Waals surface area contributed by atoms with Crippen molar-refractivity contribution >= 4 is 11.4 Å². The third-order valence-electron chi connectivity index (χ3n) is 2.69. The van der Waals surface area contributed by atoms with Gasteiger partial charge in [-0.25, -0.2) is 0 Å². The molecule has 0 amide bonds. The van der Waals surface area contributed by atoms with Crippen LogP contribution in [0, 0.1) is 6.92 Å². The summed E-state index contributed by atoms with van der Waals surface area (Å²) in [7, 11) is 0. The van der Waals surface area contributed by atoms with E-state index in [1.165, 1.54) is 5.56 Å². The molecule has 3 N–H and O–H groups in total. The van der Waals surface area contributed by atoms with E-state index in [1.807, 2.05) is 31.2 Å². The molecule has 0 aliphatic rings. The van der Waals surface area contributed by atoms with Crippen LogP contribution in [0.4, 0.5) is 11.4 Å². The maximum atomic E-state index is 5.82. The molecular weight excluding hydrogens is 210 g/mol. The molecule has 1 aromatic carbocycles. The first-order valence-electron chi connectivity index (χ1n) is 5.69. The van der Waals surface area contributed by atoms with E-state index < -0.39 is 0 Å². The zero-order valence-corrected chi connectivity index (χ0v) is 10.1. The van der Waals surface area contributed by atoms with Gasteiger partial charge in [0.05, 0.1) is 0 Å². The average molecular weight is 227 g/mol. The molecule has 0 saturated carbocycles. The van der Waals surface area contributed by atoms with Crippen LogP contribution in [0.15, 0.2) is 42.7 Å². The highest BCUT2D eigenvalue weighted by molar-refractivity contribution is 5.57. The van der Waals surface area contributed by atoms with Gasteiger partial charge in [-0.1, -0.05) is 0 Å². The second kappa shape index (κ2) is 4.87. The summed E-state index contributed by atoms with van der Waals surface area (Å²) in [4.78, 5) is 4.02. The third kappa shape index (κ3) is 2.97. The molecule has 0 aliphatic carbocycles. The Balaban J connectivity index is 2.16. The van der Waals surface area contributed by atoms with E-state index in [0.717, 1.165) is 16.9 Å². The second-order valence-electron chi connectivity index (χ2n) is 4.28. The van der Waals surface area contributed by atoms with E-state index in [4.69, 9.17) is 5.73 Å². The highest BCUT2D eigenvalue weighted by Crippen LogP contribution is 2.21. The molecule has 0 fully saturated rings. The highest BCUT2D eigenvalue weighted by atomic mass is 14.9. The number of aryl methyl sites for hydroxylation is 1. The average Bonchev–Trinajstić information content (AvgIpc) is 2.28. The van der Waals surface area contributed by atoms with Crippen LogP contribution in [0.25, 0.3) is 0 Å². The van der Waals surface area contributed by atoms with Gasteiger partial charge in [0, 0.05) is 29.8 Å². The standard InChI is InChI=1S/C14H17N3/c1-10-7-13(15)9-14(8-10)17-11(2)12-3-5-16-6-4-12/h3-9,11,17H,15H2,1-2H3. The number of aromatic nitrogens is 1. The Kier molecular flexibility index (Phi) is 3.28. The molecule has 3 heteroatoms. The van der Waals surface area contributed by atoms with Crippen molar-refractivity contribution in [2.45, 2.75) is 19.9 Å². The molecule has 1 atom stereocenters. The van der Waals surface area contributed by atoms with Crippen molar-refractivity contribution in [1.29, 1.82) is 0 Å². The zero-order valence-electron chi connectivity index (χ0n) is 10.1. The summed E-state index contributed by atoms with van der Waals surface area (Å²) in [5.74, 6) is 0. The number of pyridine rings is 1. The van der Waals surface area contributed by atoms with Gasteiger partial charge in [0.15, 0.2) is 0 Å². The molecule has 2 aromatic rings. The normalized spacial score (nSPS) is 12.1.